The Bertz CT molecular complexity index is 154. The summed E-state index contributed by atoms with van der Waals surface area (Å²) in [6.07, 6.45) is 1.59. The molecule has 14 heavy (non-hydrogen) atoms. The van der Waals surface area contributed by atoms with Crippen LogP contribution in [0.3, 0.4) is 0 Å². The largest absolute Gasteiger partial charge is 0.395 e. The fourth-order valence-corrected chi connectivity index (χ4v) is 1.27. The van der Waals surface area contributed by atoms with Crippen LogP contribution >= 0.6 is 0 Å². The van der Waals surface area contributed by atoms with Crippen molar-refractivity contribution in [3.05, 3.63) is 0 Å². The monoisotopic (exact) mass is 202 g/mol. The summed E-state index contributed by atoms with van der Waals surface area (Å²) in [5.41, 5.74) is 0. The molecule has 0 aliphatic heterocycles. The second-order valence-electron chi connectivity index (χ2n) is 3.60. The van der Waals surface area contributed by atoms with Crippen LogP contribution in [0.5, 0.6) is 0 Å². The van der Waals surface area contributed by atoms with Gasteiger partial charge in [0.15, 0.2) is 0 Å². The van der Waals surface area contributed by atoms with E-state index < -0.39 is 0 Å². The van der Waals surface area contributed by atoms with Crippen LogP contribution in [-0.2, 0) is 4.79 Å². The van der Waals surface area contributed by atoms with Crippen LogP contribution in [-0.4, -0.2) is 61.2 Å². The van der Waals surface area contributed by atoms with Gasteiger partial charge < -0.3 is 14.9 Å². The molecule has 0 heterocycles. The third-order valence-corrected chi connectivity index (χ3v) is 2.10. The zero-order valence-corrected chi connectivity index (χ0v) is 9.49. The minimum Gasteiger partial charge on any atom is -0.395 e. The highest BCUT2D eigenvalue weighted by Gasteiger charge is 2.08. The van der Waals surface area contributed by atoms with Crippen molar-refractivity contribution in [3.8, 4) is 0 Å². The molecule has 0 saturated heterocycles. The van der Waals surface area contributed by atoms with Gasteiger partial charge in [0.05, 0.1) is 6.61 Å². The van der Waals surface area contributed by atoms with Gasteiger partial charge in [-0.05, 0) is 13.0 Å². The highest BCUT2D eigenvalue weighted by atomic mass is 16.3. The van der Waals surface area contributed by atoms with Crippen LogP contribution in [0, 0.1) is 0 Å². The second-order valence-corrected chi connectivity index (χ2v) is 3.60. The third kappa shape index (κ3) is 5.94. The third-order valence-electron chi connectivity index (χ3n) is 2.10. The van der Waals surface area contributed by atoms with E-state index in [-0.39, 0.29) is 12.5 Å². The van der Waals surface area contributed by atoms with Crippen molar-refractivity contribution < 1.29 is 9.90 Å². The number of carbonyl (C=O) groups is 1. The molecule has 0 unspecified atom stereocenters. The SMILES string of the molecule is CCCN(CCO)CCC(=O)N(C)C. The summed E-state index contributed by atoms with van der Waals surface area (Å²) < 4.78 is 0. The molecule has 0 spiro atoms. The lowest BCUT2D eigenvalue weighted by molar-refractivity contribution is -0.129. The molecule has 0 rings (SSSR count). The summed E-state index contributed by atoms with van der Waals surface area (Å²) in [5, 5.41) is 8.80. The molecule has 0 fully saturated rings. The maximum atomic E-state index is 11.3. The van der Waals surface area contributed by atoms with Crippen LogP contribution < -0.4 is 0 Å². The van der Waals surface area contributed by atoms with Crippen molar-refractivity contribution in [1.29, 1.82) is 0 Å². The summed E-state index contributed by atoms with van der Waals surface area (Å²) >= 11 is 0. The van der Waals surface area contributed by atoms with Gasteiger partial charge in [0, 0.05) is 33.6 Å². The maximum Gasteiger partial charge on any atom is 0.223 e. The molecule has 4 nitrogen and oxygen atoms in total. The molecule has 0 aliphatic rings. The number of nitrogens with zero attached hydrogens (tertiary/aromatic N) is 2. The molecule has 84 valence electrons. The first kappa shape index (κ1) is 13.4. The summed E-state index contributed by atoms with van der Waals surface area (Å²) in [4.78, 5) is 15.0. The fraction of sp³-hybridized carbons (Fsp3) is 0.900. The van der Waals surface area contributed by atoms with Gasteiger partial charge in [-0.1, -0.05) is 6.92 Å². The molecule has 1 N–H and O–H groups in total. The minimum absolute atomic E-state index is 0.143. The second kappa shape index (κ2) is 7.76. The van der Waals surface area contributed by atoms with E-state index in [0.717, 1.165) is 19.5 Å². The first-order valence-corrected chi connectivity index (χ1v) is 5.15. The van der Waals surface area contributed by atoms with Crippen molar-refractivity contribution in [2.75, 3.05) is 40.3 Å². The molecule has 0 aliphatic carbocycles. The summed E-state index contributed by atoms with van der Waals surface area (Å²) in [6, 6.07) is 0. The molecular formula is C10H22N2O2. The lowest BCUT2D eigenvalue weighted by atomic mass is 10.3. The zero-order chi connectivity index (χ0) is 11.0. The summed E-state index contributed by atoms with van der Waals surface area (Å²) in [7, 11) is 3.52. The van der Waals surface area contributed by atoms with Crippen LogP contribution in [0.1, 0.15) is 19.8 Å². The number of rotatable bonds is 7. The Hall–Kier alpha value is -0.610. The van der Waals surface area contributed by atoms with Crippen LogP contribution in [0.15, 0.2) is 0 Å². The zero-order valence-electron chi connectivity index (χ0n) is 9.49. The van der Waals surface area contributed by atoms with E-state index in [2.05, 4.69) is 11.8 Å². The molecule has 0 aromatic carbocycles. The minimum atomic E-state index is 0.143. The van der Waals surface area contributed by atoms with Crippen molar-refractivity contribution in [1.82, 2.24) is 9.80 Å². The molecule has 0 atom stereocenters. The predicted octanol–water partition coefficient (Wildman–Crippen LogP) is 0.169. The van der Waals surface area contributed by atoms with E-state index in [1.807, 2.05) is 0 Å². The first-order chi connectivity index (χ1) is 6.61. The van der Waals surface area contributed by atoms with E-state index in [4.69, 9.17) is 5.11 Å². The number of hydrogen-bond donors (Lipinski definition) is 1. The van der Waals surface area contributed by atoms with Gasteiger partial charge in [0.2, 0.25) is 5.91 Å². The Morgan fingerprint density at radius 3 is 2.29 bits per heavy atom. The first-order valence-electron chi connectivity index (χ1n) is 5.15. The van der Waals surface area contributed by atoms with Crippen LogP contribution in [0.4, 0.5) is 0 Å². The van der Waals surface area contributed by atoms with Gasteiger partial charge >= 0.3 is 0 Å². The van der Waals surface area contributed by atoms with Gasteiger partial charge in [-0.25, -0.2) is 0 Å². The molecule has 0 bridgehead atoms. The highest BCUT2D eigenvalue weighted by molar-refractivity contribution is 5.75. The number of amides is 1. The maximum absolute atomic E-state index is 11.3. The Kier molecular flexibility index (Phi) is 7.42. The van der Waals surface area contributed by atoms with Crippen molar-refractivity contribution in [2.24, 2.45) is 0 Å². The molecule has 0 aromatic heterocycles. The van der Waals surface area contributed by atoms with Gasteiger partial charge in [0.1, 0.15) is 0 Å². The smallest absolute Gasteiger partial charge is 0.223 e. The molecule has 1 amide bonds. The predicted molar refractivity (Wildman–Crippen MR) is 57.1 cm³/mol. The van der Waals surface area contributed by atoms with Crippen LogP contribution in [0.2, 0.25) is 0 Å². The Balaban J connectivity index is 3.74. The van der Waals surface area contributed by atoms with Gasteiger partial charge in [-0.3, -0.25) is 4.79 Å². The molecule has 0 aromatic rings. The number of aliphatic hydroxyl groups excluding tert-OH is 1. The standard InChI is InChI=1S/C10H22N2O2/c1-4-6-12(8-9-13)7-5-10(14)11(2)3/h13H,4-9H2,1-3H3. The van der Waals surface area contributed by atoms with Crippen LogP contribution in [0.25, 0.3) is 0 Å². The number of aliphatic hydroxyl groups is 1. The Morgan fingerprint density at radius 1 is 1.21 bits per heavy atom. The van der Waals surface area contributed by atoms with E-state index in [9.17, 15) is 4.79 Å². The Morgan fingerprint density at radius 2 is 1.86 bits per heavy atom. The van der Waals surface area contributed by atoms with E-state index in [1.165, 1.54) is 0 Å². The average molecular weight is 202 g/mol. The summed E-state index contributed by atoms with van der Waals surface area (Å²) in [6.45, 7) is 4.61. The van der Waals surface area contributed by atoms with E-state index >= 15 is 0 Å². The normalized spacial score (nSPS) is 10.6. The van der Waals surface area contributed by atoms with Gasteiger partial charge in [-0.15, -0.1) is 0 Å². The van der Waals surface area contributed by atoms with Crippen molar-refractivity contribution in [2.45, 2.75) is 19.8 Å². The average Bonchev–Trinajstić information content (AvgIpc) is 2.14. The molecule has 0 radical (unpaired) electrons. The van der Waals surface area contributed by atoms with E-state index in [1.54, 1.807) is 19.0 Å². The fourth-order valence-electron chi connectivity index (χ4n) is 1.27. The lowest BCUT2D eigenvalue weighted by Crippen LogP contribution is -2.32. The quantitative estimate of drug-likeness (QED) is 0.640. The number of carbonyl (C=O) groups excluding carboxylic acids is 1. The molecule has 4 heteroatoms. The number of hydrogen-bond acceptors (Lipinski definition) is 3. The van der Waals surface area contributed by atoms with Crippen molar-refractivity contribution in [3.63, 3.8) is 0 Å². The molecular weight excluding hydrogens is 180 g/mol. The summed E-state index contributed by atoms with van der Waals surface area (Å²) in [5.74, 6) is 0.143. The highest BCUT2D eigenvalue weighted by Crippen LogP contribution is 1.95. The van der Waals surface area contributed by atoms with Gasteiger partial charge in [-0.2, -0.15) is 0 Å². The lowest BCUT2D eigenvalue weighted by Gasteiger charge is -2.21. The molecule has 0 saturated carbocycles. The van der Waals surface area contributed by atoms with E-state index in [0.29, 0.717) is 13.0 Å². The topological polar surface area (TPSA) is 43.8 Å². The Labute approximate surface area is 86.5 Å². The van der Waals surface area contributed by atoms with Crippen molar-refractivity contribution >= 4 is 5.91 Å². The van der Waals surface area contributed by atoms with Gasteiger partial charge in [0.25, 0.3) is 0 Å².